The molecule has 1 aromatic rings. The van der Waals surface area contributed by atoms with E-state index in [9.17, 15) is 0 Å². The molecule has 0 fully saturated rings. The van der Waals surface area contributed by atoms with E-state index in [1.54, 1.807) is 6.20 Å². The Morgan fingerprint density at radius 1 is 1.60 bits per heavy atom. The summed E-state index contributed by atoms with van der Waals surface area (Å²) in [6.07, 6.45) is 3.57. The minimum Gasteiger partial charge on any atom is -0.157 e. The topological polar surface area (TPSA) is 25.8 Å². The second-order valence-corrected chi connectivity index (χ2v) is 2.55. The summed E-state index contributed by atoms with van der Waals surface area (Å²) in [5.41, 5.74) is 0.968. The lowest BCUT2D eigenvalue weighted by Gasteiger charge is -1.94. The normalized spacial score (nSPS) is 9.80. The Balaban J connectivity index is 2.75. The summed E-state index contributed by atoms with van der Waals surface area (Å²) in [5.74, 6) is 0. The molecule has 0 atom stereocenters. The van der Waals surface area contributed by atoms with Crippen LogP contribution < -0.4 is 0 Å². The molecular weight excluding hydrogens is 148 g/mol. The molecule has 0 aromatic carbocycles. The first-order valence-corrected chi connectivity index (χ1v) is 3.68. The number of halogens is 1. The van der Waals surface area contributed by atoms with E-state index in [4.69, 9.17) is 11.6 Å². The molecule has 2 nitrogen and oxygen atoms in total. The molecule has 0 bridgehead atoms. The highest BCUT2D eigenvalue weighted by molar-refractivity contribution is 6.30. The molecule has 0 spiro atoms. The third-order valence-electron chi connectivity index (χ3n) is 1.18. The zero-order chi connectivity index (χ0) is 7.40. The molecule has 0 amide bonds. The van der Waals surface area contributed by atoms with E-state index in [1.165, 1.54) is 0 Å². The van der Waals surface area contributed by atoms with Gasteiger partial charge in [0.25, 0.3) is 0 Å². The number of aromatic nitrogens is 2. The standard InChI is InChI=1S/C7H9ClN2/c1-2-3-7-4-6(8)5-9-10-7/h4-5H,2-3H2,1H3. The van der Waals surface area contributed by atoms with Gasteiger partial charge in [0, 0.05) is 0 Å². The molecule has 54 valence electrons. The van der Waals surface area contributed by atoms with Crippen LogP contribution in [0.2, 0.25) is 5.02 Å². The lowest BCUT2D eigenvalue weighted by atomic mass is 10.2. The van der Waals surface area contributed by atoms with Crippen molar-refractivity contribution in [2.75, 3.05) is 0 Å². The summed E-state index contributed by atoms with van der Waals surface area (Å²) in [5, 5.41) is 8.28. The first-order valence-electron chi connectivity index (χ1n) is 3.30. The van der Waals surface area contributed by atoms with Crippen LogP contribution in [0.4, 0.5) is 0 Å². The average molecular weight is 157 g/mol. The van der Waals surface area contributed by atoms with Gasteiger partial charge in [0.05, 0.1) is 16.9 Å². The predicted octanol–water partition coefficient (Wildman–Crippen LogP) is 2.08. The van der Waals surface area contributed by atoms with Crippen LogP contribution in [0.3, 0.4) is 0 Å². The minimum absolute atomic E-state index is 0.665. The molecule has 1 aromatic heterocycles. The van der Waals surface area contributed by atoms with Crippen LogP contribution in [0, 0.1) is 0 Å². The maximum Gasteiger partial charge on any atom is 0.0682 e. The Kier molecular flexibility index (Phi) is 2.63. The van der Waals surface area contributed by atoms with Gasteiger partial charge in [-0.3, -0.25) is 0 Å². The van der Waals surface area contributed by atoms with E-state index < -0.39 is 0 Å². The van der Waals surface area contributed by atoms with Gasteiger partial charge in [-0.05, 0) is 12.5 Å². The molecule has 0 saturated carbocycles. The molecule has 3 heteroatoms. The number of nitrogens with zero attached hydrogens (tertiary/aromatic N) is 2. The van der Waals surface area contributed by atoms with Crippen LogP contribution in [-0.4, -0.2) is 10.2 Å². The van der Waals surface area contributed by atoms with Crippen LogP contribution in [-0.2, 0) is 6.42 Å². The van der Waals surface area contributed by atoms with Gasteiger partial charge in [0.1, 0.15) is 0 Å². The number of rotatable bonds is 2. The molecule has 0 aliphatic heterocycles. The Morgan fingerprint density at radius 2 is 2.40 bits per heavy atom. The van der Waals surface area contributed by atoms with Crippen LogP contribution >= 0.6 is 11.6 Å². The zero-order valence-electron chi connectivity index (χ0n) is 5.84. The highest BCUT2D eigenvalue weighted by Crippen LogP contribution is 2.06. The summed E-state index contributed by atoms with van der Waals surface area (Å²) in [4.78, 5) is 0. The molecule has 0 aliphatic rings. The van der Waals surface area contributed by atoms with Crippen molar-refractivity contribution in [3.05, 3.63) is 23.0 Å². The van der Waals surface area contributed by atoms with Crippen LogP contribution in [0.1, 0.15) is 19.0 Å². The van der Waals surface area contributed by atoms with Crippen molar-refractivity contribution < 1.29 is 0 Å². The second-order valence-electron chi connectivity index (χ2n) is 2.12. The van der Waals surface area contributed by atoms with E-state index >= 15 is 0 Å². The first-order chi connectivity index (χ1) is 4.83. The van der Waals surface area contributed by atoms with Crippen molar-refractivity contribution >= 4 is 11.6 Å². The van der Waals surface area contributed by atoms with Crippen molar-refractivity contribution in [3.8, 4) is 0 Å². The predicted molar refractivity (Wildman–Crippen MR) is 41.0 cm³/mol. The number of aryl methyl sites for hydroxylation is 1. The van der Waals surface area contributed by atoms with Gasteiger partial charge in [0.2, 0.25) is 0 Å². The third kappa shape index (κ3) is 1.95. The highest BCUT2D eigenvalue weighted by atomic mass is 35.5. The maximum absolute atomic E-state index is 5.68. The van der Waals surface area contributed by atoms with Crippen LogP contribution in [0.5, 0.6) is 0 Å². The molecule has 0 unspecified atom stereocenters. The lowest BCUT2D eigenvalue weighted by Crippen LogP contribution is -1.90. The summed E-state index contributed by atoms with van der Waals surface area (Å²) in [7, 11) is 0. The highest BCUT2D eigenvalue weighted by Gasteiger charge is 1.93. The Bertz CT molecular complexity index is 213. The average Bonchev–Trinajstić information content (AvgIpc) is 1.88. The molecule has 1 heterocycles. The fourth-order valence-corrected chi connectivity index (χ4v) is 0.931. The van der Waals surface area contributed by atoms with Crippen molar-refractivity contribution in [1.82, 2.24) is 10.2 Å². The summed E-state index contributed by atoms with van der Waals surface area (Å²) in [6.45, 7) is 2.10. The zero-order valence-corrected chi connectivity index (χ0v) is 6.60. The monoisotopic (exact) mass is 156 g/mol. The van der Waals surface area contributed by atoms with Gasteiger partial charge in [0.15, 0.2) is 0 Å². The van der Waals surface area contributed by atoms with Crippen LogP contribution in [0.15, 0.2) is 12.3 Å². The second kappa shape index (κ2) is 3.52. The van der Waals surface area contributed by atoms with E-state index in [1.807, 2.05) is 6.07 Å². The van der Waals surface area contributed by atoms with Gasteiger partial charge in [-0.1, -0.05) is 24.9 Å². The molecule has 0 radical (unpaired) electrons. The van der Waals surface area contributed by atoms with E-state index in [0.29, 0.717) is 5.02 Å². The first kappa shape index (κ1) is 7.48. The fraction of sp³-hybridized carbons (Fsp3) is 0.429. The van der Waals surface area contributed by atoms with Crippen LogP contribution in [0.25, 0.3) is 0 Å². The van der Waals surface area contributed by atoms with Crippen molar-refractivity contribution in [2.24, 2.45) is 0 Å². The van der Waals surface area contributed by atoms with E-state index in [0.717, 1.165) is 18.5 Å². The van der Waals surface area contributed by atoms with Gasteiger partial charge in [-0.25, -0.2) is 0 Å². The SMILES string of the molecule is CCCc1cc(Cl)cnn1. The molecule has 0 saturated heterocycles. The van der Waals surface area contributed by atoms with Gasteiger partial charge in [-0.2, -0.15) is 10.2 Å². The largest absolute Gasteiger partial charge is 0.157 e. The fourth-order valence-electron chi connectivity index (χ4n) is 0.762. The van der Waals surface area contributed by atoms with Gasteiger partial charge >= 0.3 is 0 Å². The Hall–Kier alpha value is -0.630. The van der Waals surface area contributed by atoms with Gasteiger partial charge < -0.3 is 0 Å². The van der Waals surface area contributed by atoms with E-state index in [-0.39, 0.29) is 0 Å². The summed E-state index contributed by atoms with van der Waals surface area (Å²) in [6, 6.07) is 1.85. The molecular formula is C7H9ClN2. The molecule has 10 heavy (non-hydrogen) atoms. The molecule has 1 rings (SSSR count). The van der Waals surface area contributed by atoms with Gasteiger partial charge in [-0.15, -0.1) is 0 Å². The van der Waals surface area contributed by atoms with Crippen molar-refractivity contribution in [2.45, 2.75) is 19.8 Å². The smallest absolute Gasteiger partial charge is 0.0682 e. The minimum atomic E-state index is 0.665. The molecule has 0 N–H and O–H groups in total. The Morgan fingerprint density at radius 3 is 3.00 bits per heavy atom. The summed E-state index contributed by atoms with van der Waals surface area (Å²) >= 11 is 5.68. The van der Waals surface area contributed by atoms with Crippen molar-refractivity contribution in [1.29, 1.82) is 0 Å². The number of hydrogen-bond acceptors (Lipinski definition) is 2. The van der Waals surface area contributed by atoms with E-state index in [2.05, 4.69) is 17.1 Å². The van der Waals surface area contributed by atoms with Crippen molar-refractivity contribution in [3.63, 3.8) is 0 Å². The maximum atomic E-state index is 5.68. The lowest BCUT2D eigenvalue weighted by molar-refractivity contribution is 0.838. The number of hydrogen-bond donors (Lipinski definition) is 0. The summed E-state index contributed by atoms with van der Waals surface area (Å²) < 4.78 is 0. The quantitative estimate of drug-likeness (QED) is 0.655. The Labute approximate surface area is 65.2 Å². The molecule has 0 aliphatic carbocycles. The third-order valence-corrected chi connectivity index (χ3v) is 1.38.